The van der Waals surface area contributed by atoms with Gasteiger partial charge in [0.05, 0.1) is 6.04 Å². The second kappa shape index (κ2) is 5.53. The van der Waals surface area contributed by atoms with Crippen molar-refractivity contribution in [1.29, 1.82) is 0 Å². The largest absolute Gasteiger partial charge is 0.409 e. The Bertz CT molecular complexity index is 463. The minimum Gasteiger partial charge on any atom is -0.409 e. The zero-order chi connectivity index (χ0) is 13.9. The predicted molar refractivity (Wildman–Crippen MR) is 70.9 cm³/mol. The van der Waals surface area contributed by atoms with Crippen molar-refractivity contribution < 1.29 is 10.0 Å². The minimum absolute atomic E-state index is 0.00947. The number of carbonyl (C=O) groups excluding carboxylic acids is 1. The molecule has 18 heavy (non-hydrogen) atoms. The van der Waals surface area contributed by atoms with E-state index in [9.17, 15) is 4.79 Å². The zero-order valence-corrected chi connectivity index (χ0v) is 11.1. The van der Waals surface area contributed by atoms with Gasteiger partial charge in [-0.3, -0.25) is 4.79 Å². The summed E-state index contributed by atoms with van der Waals surface area (Å²) in [6.45, 7) is 5.59. The quantitative estimate of drug-likeness (QED) is 0.369. The summed E-state index contributed by atoms with van der Waals surface area (Å²) in [6, 6.07) is 5.20. The lowest BCUT2D eigenvalue weighted by molar-refractivity contribution is 0.0776. The van der Waals surface area contributed by atoms with Crippen LogP contribution in [0, 0.1) is 13.8 Å². The normalized spacial score (nSPS) is 13.2. The molecular formula is C13H19N3O2. The molecule has 0 aliphatic carbocycles. The van der Waals surface area contributed by atoms with Gasteiger partial charge in [0, 0.05) is 12.6 Å². The van der Waals surface area contributed by atoms with Crippen LogP contribution >= 0.6 is 0 Å². The highest BCUT2D eigenvalue weighted by Gasteiger charge is 2.20. The number of amidine groups is 1. The average molecular weight is 249 g/mol. The van der Waals surface area contributed by atoms with Gasteiger partial charge < -0.3 is 15.8 Å². The van der Waals surface area contributed by atoms with Gasteiger partial charge in [0.1, 0.15) is 0 Å². The number of oxime groups is 1. The van der Waals surface area contributed by atoms with Crippen LogP contribution in [0.4, 0.5) is 0 Å². The molecule has 1 aromatic rings. The highest BCUT2D eigenvalue weighted by Crippen LogP contribution is 2.12. The molecule has 0 aromatic heterocycles. The van der Waals surface area contributed by atoms with Crippen LogP contribution in [-0.4, -0.2) is 34.9 Å². The number of aryl methyl sites for hydroxylation is 2. The van der Waals surface area contributed by atoms with E-state index in [1.165, 1.54) is 4.90 Å². The van der Waals surface area contributed by atoms with Crippen molar-refractivity contribution in [2.24, 2.45) is 10.9 Å². The molecule has 1 rings (SSSR count). The lowest BCUT2D eigenvalue weighted by atomic mass is 10.1. The molecule has 0 bridgehead atoms. The SMILES string of the molecule is Cc1cc(C)cc(C(=O)N(C)C(C)C(N)=NO)c1. The van der Waals surface area contributed by atoms with Crippen molar-refractivity contribution in [3.8, 4) is 0 Å². The van der Waals surface area contributed by atoms with Crippen molar-refractivity contribution >= 4 is 11.7 Å². The standard InChI is InChI=1S/C13H19N3O2/c1-8-5-9(2)7-11(6-8)13(17)16(4)10(3)12(14)15-18/h5-7,10,18H,1-4H3,(H2,14,15). The molecule has 0 heterocycles. The molecule has 1 unspecified atom stereocenters. The lowest BCUT2D eigenvalue weighted by Crippen LogP contribution is -2.43. The first-order chi connectivity index (χ1) is 8.36. The van der Waals surface area contributed by atoms with Gasteiger partial charge in [-0.15, -0.1) is 0 Å². The van der Waals surface area contributed by atoms with Crippen LogP contribution in [0.15, 0.2) is 23.4 Å². The number of amides is 1. The van der Waals surface area contributed by atoms with Crippen LogP contribution in [0.2, 0.25) is 0 Å². The van der Waals surface area contributed by atoms with E-state index < -0.39 is 6.04 Å². The maximum absolute atomic E-state index is 12.2. The van der Waals surface area contributed by atoms with E-state index in [2.05, 4.69) is 5.16 Å². The molecule has 0 saturated carbocycles. The third kappa shape index (κ3) is 3.00. The van der Waals surface area contributed by atoms with Crippen LogP contribution in [0.5, 0.6) is 0 Å². The Labute approximate surface area is 107 Å². The second-order valence-electron chi connectivity index (χ2n) is 4.49. The van der Waals surface area contributed by atoms with Gasteiger partial charge in [-0.25, -0.2) is 0 Å². The van der Waals surface area contributed by atoms with E-state index in [4.69, 9.17) is 10.9 Å². The summed E-state index contributed by atoms with van der Waals surface area (Å²) in [5, 5.41) is 11.5. The molecule has 5 heteroatoms. The molecule has 0 saturated heterocycles. The molecule has 1 atom stereocenters. The fourth-order valence-electron chi connectivity index (χ4n) is 1.76. The number of nitrogens with two attached hydrogens (primary N) is 1. The van der Waals surface area contributed by atoms with Crippen LogP contribution in [-0.2, 0) is 0 Å². The maximum atomic E-state index is 12.2. The summed E-state index contributed by atoms with van der Waals surface area (Å²) >= 11 is 0. The maximum Gasteiger partial charge on any atom is 0.254 e. The van der Waals surface area contributed by atoms with E-state index in [1.54, 1.807) is 14.0 Å². The smallest absolute Gasteiger partial charge is 0.254 e. The summed E-state index contributed by atoms with van der Waals surface area (Å²) in [5.41, 5.74) is 8.16. The molecule has 0 aliphatic heterocycles. The van der Waals surface area contributed by atoms with Crippen molar-refractivity contribution in [3.05, 3.63) is 34.9 Å². The molecule has 0 aliphatic rings. The van der Waals surface area contributed by atoms with Crippen LogP contribution in [0.25, 0.3) is 0 Å². The number of rotatable bonds is 3. The van der Waals surface area contributed by atoms with Crippen molar-refractivity contribution in [2.45, 2.75) is 26.8 Å². The van der Waals surface area contributed by atoms with Gasteiger partial charge in [0.15, 0.2) is 5.84 Å². The van der Waals surface area contributed by atoms with E-state index in [1.807, 2.05) is 32.0 Å². The summed E-state index contributed by atoms with van der Waals surface area (Å²) in [5.74, 6) is -0.142. The number of hydrogen-bond acceptors (Lipinski definition) is 3. The number of benzene rings is 1. The van der Waals surface area contributed by atoms with Gasteiger partial charge >= 0.3 is 0 Å². The van der Waals surface area contributed by atoms with E-state index in [-0.39, 0.29) is 11.7 Å². The monoisotopic (exact) mass is 249 g/mol. The number of nitrogens with zero attached hydrogens (tertiary/aromatic N) is 2. The molecule has 0 spiro atoms. The molecule has 5 nitrogen and oxygen atoms in total. The van der Waals surface area contributed by atoms with Gasteiger partial charge in [-0.05, 0) is 32.9 Å². The second-order valence-corrected chi connectivity index (χ2v) is 4.49. The summed E-state index contributed by atoms with van der Waals surface area (Å²) < 4.78 is 0. The topological polar surface area (TPSA) is 78.9 Å². The number of likely N-dealkylation sites (N-methyl/N-ethyl adjacent to an activating group) is 1. The zero-order valence-electron chi connectivity index (χ0n) is 11.1. The number of hydrogen-bond donors (Lipinski definition) is 2. The highest BCUT2D eigenvalue weighted by atomic mass is 16.4. The van der Waals surface area contributed by atoms with Gasteiger partial charge in [-0.2, -0.15) is 0 Å². The van der Waals surface area contributed by atoms with E-state index in [0.29, 0.717) is 5.56 Å². The molecule has 3 N–H and O–H groups in total. The van der Waals surface area contributed by atoms with Crippen molar-refractivity contribution in [2.75, 3.05) is 7.05 Å². The molecule has 0 radical (unpaired) electrons. The summed E-state index contributed by atoms with van der Waals surface area (Å²) in [4.78, 5) is 13.7. The van der Waals surface area contributed by atoms with Crippen molar-refractivity contribution in [1.82, 2.24) is 4.90 Å². The Balaban J connectivity index is 3.00. The van der Waals surface area contributed by atoms with Crippen LogP contribution in [0.1, 0.15) is 28.4 Å². The van der Waals surface area contributed by atoms with Crippen LogP contribution < -0.4 is 5.73 Å². The fraction of sp³-hybridized carbons (Fsp3) is 0.385. The van der Waals surface area contributed by atoms with E-state index in [0.717, 1.165) is 11.1 Å². The Morgan fingerprint density at radius 2 is 1.83 bits per heavy atom. The number of carbonyl (C=O) groups is 1. The first kappa shape index (κ1) is 14.0. The first-order valence-corrected chi connectivity index (χ1v) is 5.69. The Morgan fingerprint density at radius 1 is 1.33 bits per heavy atom. The van der Waals surface area contributed by atoms with Gasteiger partial charge in [-0.1, -0.05) is 22.3 Å². The van der Waals surface area contributed by atoms with Crippen molar-refractivity contribution in [3.63, 3.8) is 0 Å². The van der Waals surface area contributed by atoms with Gasteiger partial charge in [0.25, 0.3) is 5.91 Å². The average Bonchev–Trinajstić information content (AvgIpc) is 2.33. The third-order valence-corrected chi connectivity index (χ3v) is 2.91. The van der Waals surface area contributed by atoms with E-state index >= 15 is 0 Å². The Hall–Kier alpha value is -2.04. The highest BCUT2D eigenvalue weighted by molar-refractivity contribution is 5.98. The summed E-state index contributed by atoms with van der Waals surface area (Å²) in [7, 11) is 1.63. The Morgan fingerprint density at radius 3 is 2.28 bits per heavy atom. The third-order valence-electron chi connectivity index (χ3n) is 2.91. The predicted octanol–water partition coefficient (Wildman–Crippen LogP) is 1.51. The molecule has 1 amide bonds. The molecule has 1 aromatic carbocycles. The molecule has 98 valence electrons. The Kier molecular flexibility index (Phi) is 4.31. The summed E-state index contributed by atoms with van der Waals surface area (Å²) in [6.07, 6.45) is 0. The minimum atomic E-state index is -0.455. The molecular weight excluding hydrogens is 230 g/mol. The lowest BCUT2D eigenvalue weighted by Gasteiger charge is -2.24. The van der Waals surface area contributed by atoms with Crippen LogP contribution in [0.3, 0.4) is 0 Å². The first-order valence-electron chi connectivity index (χ1n) is 5.69. The van der Waals surface area contributed by atoms with Gasteiger partial charge in [0.2, 0.25) is 0 Å². The fourth-order valence-corrected chi connectivity index (χ4v) is 1.76. The molecule has 0 fully saturated rings.